The third-order valence-corrected chi connectivity index (χ3v) is 4.96. The molecule has 21 heavy (non-hydrogen) atoms. The molecule has 0 fully saturated rings. The van der Waals surface area contributed by atoms with E-state index in [2.05, 4.69) is 43.8 Å². The molecule has 0 unspecified atom stereocenters. The van der Waals surface area contributed by atoms with Gasteiger partial charge in [-0.15, -0.1) is 0 Å². The van der Waals surface area contributed by atoms with E-state index < -0.39 is 0 Å². The van der Waals surface area contributed by atoms with Crippen LogP contribution in [0.1, 0.15) is 15.9 Å². The van der Waals surface area contributed by atoms with Gasteiger partial charge in [0.25, 0.3) is 5.91 Å². The van der Waals surface area contributed by atoms with E-state index in [0.29, 0.717) is 21.8 Å². The van der Waals surface area contributed by atoms with Gasteiger partial charge in [0.05, 0.1) is 10.7 Å². The number of anilines is 1. The lowest BCUT2D eigenvalue weighted by atomic mass is 10.1. The van der Waals surface area contributed by atoms with Gasteiger partial charge in [-0.05, 0) is 59.0 Å². The van der Waals surface area contributed by atoms with Gasteiger partial charge in [-0.3, -0.25) is 4.79 Å². The summed E-state index contributed by atoms with van der Waals surface area (Å²) in [5.74, 6) is -0.270. The number of halogens is 3. The first kappa shape index (κ1) is 16.7. The van der Waals surface area contributed by atoms with Crippen LogP contribution in [0.4, 0.5) is 5.69 Å². The van der Waals surface area contributed by atoms with Gasteiger partial charge in [-0.25, -0.2) is 0 Å². The first-order valence-corrected chi connectivity index (χ1v) is 8.40. The van der Waals surface area contributed by atoms with Crippen molar-refractivity contribution in [3.63, 3.8) is 0 Å². The van der Waals surface area contributed by atoms with Crippen LogP contribution in [0.15, 0.2) is 40.9 Å². The monoisotopic (exact) mass is 494 g/mol. The first-order valence-electron chi connectivity index (χ1n) is 5.74. The Morgan fingerprint density at radius 2 is 2.00 bits per heavy atom. The standard InChI is InChI=1S/C14H9BrClIN2OS/c15-8-2-4-12(9(6-8)13(18)21)19-14(20)7-1-3-11(17)10(16)5-7/h1-6H,(H2,18,21)(H,19,20). The van der Waals surface area contributed by atoms with Gasteiger partial charge >= 0.3 is 0 Å². The van der Waals surface area contributed by atoms with Crippen LogP contribution in [0.25, 0.3) is 0 Å². The molecule has 0 aliphatic carbocycles. The van der Waals surface area contributed by atoms with Crippen molar-refractivity contribution in [1.29, 1.82) is 0 Å². The van der Waals surface area contributed by atoms with E-state index in [0.717, 1.165) is 8.04 Å². The lowest BCUT2D eigenvalue weighted by Gasteiger charge is -2.11. The quantitative estimate of drug-likeness (QED) is 0.484. The largest absolute Gasteiger partial charge is 0.389 e. The highest BCUT2D eigenvalue weighted by atomic mass is 127. The topological polar surface area (TPSA) is 55.1 Å². The van der Waals surface area contributed by atoms with Crippen LogP contribution >= 0.6 is 62.3 Å². The molecule has 0 saturated heterocycles. The highest BCUT2D eigenvalue weighted by Gasteiger charge is 2.12. The van der Waals surface area contributed by atoms with Crippen LogP contribution in [0.2, 0.25) is 5.02 Å². The predicted molar refractivity (Wildman–Crippen MR) is 102 cm³/mol. The maximum Gasteiger partial charge on any atom is 0.255 e. The zero-order valence-corrected chi connectivity index (χ0v) is 15.8. The van der Waals surface area contributed by atoms with E-state index in [4.69, 9.17) is 29.6 Å². The number of nitrogens with two attached hydrogens (primary N) is 1. The molecule has 0 aliphatic rings. The smallest absolute Gasteiger partial charge is 0.255 e. The van der Waals surface area contributed by atoms with E-state index in [1.165, 1.54) is 0 Å². The van der Waals surface area contributed by atoms with E-state index in [9.17, 15) is 4.79 Å². The molecule has 0 aromatic heterocycles. The Kier molecular flexibility index (Phi) is 5.59. The number of amides is 1. The fraction of sp³-hybridized carbons (Fsp3) is 0. The van der Waals surface area contributed by atoms with Crippen LogP contribution < -0.4 is 11.1 Å². The first-order chi connectivity index (χ1) is 9.88. The van der Waals surface area contributed by atoms with Gasteiger partial charge in [0.2, 0.25) is 0 Å². The average Bonchev–Trinajstić information content (AvgIpc) is 2.43. The molecule has 0 bridgehead atoms. The van der Waals surface area contributed by atoms with Gasteiger partial charge < -0.3 is 11.1 Å². The van der Waals surface area contributed by atoms with Crippen molar-refractivity contribution in [2.75, 3.05) is 5.32 Å². The highest BCUT2D eigenvalue weighted by molar-refractivity contribution is 14.1. The highest BCUT2D eigenvalue weighted by Crippen LogP contribution is 2.23. The normalized spacial score (nSPS) is 10.2. The molecule has 2 rings (SSSR count). The van der Waals surface area contributed by atoms with Crippen LogP contribution in [-0.2, 0) is 0 Å². The molecule has 108 valence electrons. The molecule has 0 saturated carbocycles. The van der Waals surface area contributed by atoms with Crippen LogP contribution in [0, 0.1) is 3.57 Å². The predicted octanol–water partition coefficient (Wildman–Crippen LogP) is 4.59. The number of hydrogen-bond acceptors (Lipinski definition) is 2. The maximum absolute atomic E-state index is 12.3. The molecule has 2 aromatic rings. The van der Waals surface area contributed by atoms with E-state index in [1.807, 2.05) is 0 Å². The Morgan fingerprint density at radius 1 is 1.29 bits per heavy atom. The second kappa shape index (κ2) is 7.04. The summed E-state index contributed by atoms with van der Waals surface area (Å²) in [5, 5.41) is 3.33. The fourth-order valence-electron chi connectivity index (χ4n) is 1.66. The molecule has 7 heteroatoms. The van der Waals surface area contributed by atoms with E-state index in [1.54, 1.807) is 36.4 Å². The maximum atomic E-state index is 12.3. The van der Waals surface area contributed by atoms with Crippen molar-refractivity contribution >= 4 is 78.9 Å². The van der Waals surface area contributed by atoms with Crippen molar-refractivity contribution in [1.82, 2.24) is 0 Å². The van der Waals surface area contributed by atoms with Crippen molar-refractivity contribution in [2.45, 2.75) is 0 Å². The van der Waals surface area contributed by atoms with Gasteiger partial charge in [0.15, 0.2) is 0 Å². The Bertz CT molecular complexity index is 739. The fourth-order valence-corrected chi connectivity index (χ4v) is 2.71. The minimum atomic E-state index is -0.270. The number of hydrogen-bond donors (Lipinski definition) is 2. The van der Waals surface area contributed by atoms with Crippen molar-refractivity contribution in [3.05, 3.63) is 60.6 Å². The number of carbonyl (C=O) groups excluding carboxylic acids is 1. The number of rotatable bonds is 3. The Balaban J connectivity index is 2.31. The third kappa shape index (κ3) is 4.15. The second-order valence-corrected chi connectivity index (χ2v) is 7.06. The third-order valence-electron chi connectivity index (χ3n) is 2.68. The summed E-state index contributed by atoms with van der Waals surface area (Å²) >= 11 is 16.5. The van der Waals surface area contributed by atoms with Gasteiger partial charge in [0, 0.05) is 19.2 Å². The molecule has 0 atom stereocenters. The number of thiocarbonyl (C=S) groups is 1. The molecule has 1 amide bonds. The Labute approximate surface area is 154 Å². The van der Waals surface area contributed by atoms with Crippen LogP contribution in [0.3, 0.4) is 0 Å². The molecular formula is C14H9BrClIN2OS. The average molecular weight is 496 g/mol. The summed E-state index contributed by atoms with van der Waals surface area (Å²) in [5.41, 5.74) is 7.31. The lowest BCUT2D eigenvalue weighted by molar-refractivity contribution is 0.102. The van der Waals surface area contributed by atoms with Crippen molar-refractivity contribution in [2.24, 2.45) is 5.73 Å². The zero-order valence-electron chi connectivity index (χ0n) is 10.5. The molecule has 3 nitrogen and oxygen atoms in total. The summed E-state index contributed by atoms with van der Waals surface area (Å²) in [6.45, 7) is 0. The zero-order chi connectivity index (χ0) is 15.6. The molecule has 2 aromatic carbocycles. The molecule has 0 spiro atoms. The van der Waals surface area contributed by atoms with Crippen molar-refractivity contribution in [3.8, 4) is 0 Å². The summed E-state index contributed by atoms with van der Waals surface area (Å²) in [6, 6.07) is 10.4. The van der Waals surface area contributed by atoms with Crippen molar-refractivity contribution < 1.29 is 4.79 Å². The minimum absolute atomic E-state index is 0.215. The number of carbonyl (C=O) groups is 1. The van der Waals surface area contributed by atoms with Gasteiger partial charge in [-0.1, -0.05) is 39.7 Å². The summed E-state index contributed by atoms with van der Waals surface area (Å²) in [4.78, 5) is 12.5. The molecule has 0 heterocycles. The second-order valence-electron chi connectivity index (χ2n) is 4.14. The molecule has 0 radical (unpaired) electrons. The molecule has 0 aliphatic heterocycles. The Morgan fingerprint density at radius 3 is 2.62 bits per heavy atom. The minimum Gasteiger partial charge on any atom is -0.389 e. The summed E-state index contributed by atoms with van der Waals surface area (Å²) in [7, 11) is 0. The van der Waals surface area contributed by atoms with Crippen LogP contribution in [0.5, 0.6) is 0 Å². The number of benzene rings is 2. The van der Waals surface area contributed by atoms with Gasteiger partial charge in [-0.2, -0.15) is 0 Å². The van der Waals surface area contributed by atoms with Crippen LogP contribution in [-0.4, -0.2) is 10.9 Å². The molecule has 3 N–H and O–H groups in total. The Hall–Kier alpha value is -0.700. The van der Waals surface area contributed by atoms with E-state index >= 15 is 0 Å². The molecular weight excluding hydrogens is 486 g/mol. The lowest BCUT2D eigenvalue weighted by Crippen LogP contribution is -2.17. The summed E-state index contributed by atoms with van der Waals surface area (Å²) < 4.78 is 1.72. The summed E-state index contributed by atoms with van der Waals surface area (Å²) in [6.07, 6.45) is 0. The van der Waals surface area contributed by atoms with Gasteiger partial charge in [0.1, 0.15) is 4.99 Å². The van der Waals surface area contributed by atoms with E-state index in [-0.39, 0.29) is 10.9 Å². The number of nitrogens with one attached hydrogen (secondary N) is 1. The SMILES string of the molecule is NC(=S)c1cc(Br)ccc1NC(=O)c1ccc(I)c(Cl)c1.